The number of ketones is 1. The van der Waals surface area contributed by atoms with Gasteiger partial charge >= 0.3 is 0 Å². The van der Waals surface area contributed by atoms with Gasteiger partial charge < -0.3 is 10.2 Å². The van der Waals surface area contributed by atoms with E-state index in [0.29, 0.717) is 11.6 Å². The molecule has 4 nitrogen and oxygen atoms in total. The van der Waals surface area contributed by atoms with Crippen molar-refractivity contribution in [1.29, 1.82) is 0 Å². The zero-order chi connectivity index (χ0) is 20.1. The SMILES string of the molecule is CN(C)C(CNC(=O)CCC(=O)c1ccc2c(c1)CCC2)c1ccccc1Cl. The first-order chi connectivity index (χ1) is 13.5. The van der Waals surface area contributed by atoms with Crippen LogP contribution in [-0.4, -0.2) is 37.2 Å². The maximum absolute atomic E-state index is 12.5. The fourth-order valence-electron chi connectivity index (χ4n) is 3.73. The molecular formula is C23H27ClN2O2. The van der Waals surface area contributed by atoms with E-state index in [2.05, 4.69) is 11.4 Å². The fourth-order valence-corrected chi connectivity index (χ4v) is 3.99. The first-order valence-electron chi connectivity index (χ1n) is 9.78. The molecule has 5 heteroatoms. The lowest BCUT2D eigenvalue weighted by Gasteiger charge is -2.26. The number of halogens is 1. The molecule has 0 spiro atoms. The first-order valence-corrected chi connectivity index (χ1v) is 10.2. The molecule has 1 aliphatic rings. The van der Waals surface area contributed by atoms with Gasteiger partial charge in [-0.15, -0.1) is 0 Å². The molecule has 2 aromatic carbocycles. The molecule has 0 saturated heterocycles. The molecule has 2 aromatic rings. The molecule has 0 radical (unpaired) electrons. The van der Waals surface area contributed by atoms with Crippen molar-refractivity contribution in [2.45, 2.75) is 38.1 Å². The van der Waals surface area contributed by atoms with Crippen LogP contribution in [0, 0.1) is 0 Å². The largest absolute Gasteiger partial charge is 0.354 e. The lowest BCUT2D eigenvalue weighted by Crippen LogP contribution is -2.34. The maximum atomic E-state index is 12.5. The first kappa shape index (κ1) is 20.6. The summed E-state index contributed by atoms with van der Waals surface area (Å²) in [4.78, 5) is 26.8. The number of hydrogen-bond acceptors (Lipinski definition) is 3. The molecule has 0 aromatic heterocycles. The second-order valence-electron chi connectivity index (χ2n) is 7.57. The zero-order valence-electron chi connectivity index (χ0n) is 16.5. The Kier molecular flexibility index (Phi) is 6.87. The standard InChI is InChI=1S/C23H27ClN2O2/c1-26(2)21(19-8-3-4-9-20(19)24)15-25-23(28)13-12-22(27)18-11-10-16-6-5-7-17(16)14-18/h3-4,8-11,14,21H,5-7,12-13,15H2,1-2H3,(H,25,28). The highest BCUT2D eigenvalue weighted by molar-refractivity contribution is 6.31. The summed E-state index contributed by atoms with van der Waals surface area (Å²) < 4.78 is 0. The maximum Gasteiger partial charge on any atom is 0.220 e. The highest BCUT2D eigenvalue weighted by atomic mass is 35.5. The van der Waals surface area contributed by atoms with E-state index in [9.17, 15) is 9.59 Å². The van der Waals surface area contributed by atoms with Crippen molar-refractivity contribution < 1.29 is 9.59 Å². The van der Waals surface area contributed by atoms with Crippen molar-refractivity contribution in [3.63, 3.8) is 0 Å². The number of nitrogens with one attached hydrogen (secondary N) is 1. The van der Waals surface area contributed by atoms with Gasteiger partial charge in [-0.2, -0.15) is 0 Å². The average Bonchev–Trinajstić information content (AvgIpc) is 3.15. The van der Waals surface area contributed by atoms with E-state index < -0.39 is 0 Å². The monoisotopic (exact) mass is 398 g/mol. The van der Waals surface area contributed by atoms with Gasteiger partial charge in [0.1, 0.15) is 0 Å². The molecule has 3 rings (SSSR count). The van der Waals surface area contributed by atoms with Crippen LogP contribution >= 0.6 is 11.6 Å². The zero-order valence-corrected chi connectivity index (χ0v) is 17.3. The van der Waals surface area contributed by atoms with Gasteiger partial charge in [0, 0.05) is 30.0 Å². The number of rotatable bonds is 8. The lowest BCUT2D eigenvalue weighted by molar-refractivity contribution is -0.121. The van der Waals surface area contributed by atoms with Crippen LogP contribution in [0.15, 0.2) is 42.5 Å². The van der Waals surface area contributed by atoms with Gasteiger partial charge in [0.05, 0.1) is 6.04 Å². The summed E-state index contributed by atoms with van der Waals surface area (Å²) in [5, 5.41) is 3.63. The number of carbonyl (C=O) groups is 2. The van der Waals surface area contributed by atoms with Crippen LogP contribution in [-0.2, 0) is 17.6 Å². The van der Waals surface area contributed by atoms with Crippen LogP contribution in [0.25, 0.3) is 0 Å². The molecule has 1 N–H and O–H groups in total. The third-order valence-corrected chi connectivity index (χ3v) is 5.72. The smallest absolute Gasteiger partial charge is 0.220 e. The number of fused-ring (bicyclic) bond motifs is 1. The van der Waals surface area contributed by atoms with Crippen LogP contribution in [0.1, 0.15) is 52.4 Å². The molecular weight excluding hydrogens is 372 g/mol. The molecule has 148 valence electrons. The van der Waals surface area contributed by atoms with Gasteiger partial charge in [0.15, 0.2) is 5.78 Å². The quantitative estimate of drug-likeness (QED) is 0.677. The highest BCUT2D eigenvalue weighted by Crippen LogP contribution is 2.26. The van der Waals surface area contributed by atoms with E-state index in [-0.39, 0.29) is 30.6 Å². The number of Topliss-reactive ketones (excluding diaryl/α,β-unsaturated/α-hetero) is 1. The number of carbonyl (C=O) groups excluding carboxylic acids is 2. The summed E-state index contributed by atoms with van der Waals surface area (Å²) in [6, 6.07) is 13.6. The number of amides is 1. The molecule has 0 heterocycles. The molecule has 28 heavy (non-hydrogen) atoms. The topological polar surface area (TPSA) is 49.4 Å². The minimum Gasteiger partial charge on any atom is -0.354 e. The van der Waals surface area contributed by atoms with Gasteiger partial charge in [-0.25, -0.2) is 0 Å². The minimum atomic E-state index is -0.117. The second-order valence-corrected chi connectivity index (χ2v) is 7.97. The van der Waals surface area contributed by atoms with Crippen molar-refractivity contribution in [3.05, 3.63) is 69.7 Å². The number of aryl methyl sites for hydroxylation is 2. The summed E-state index contributed by atoms with van der Waals surface area (Å²) in [5.41, 5.74) is 4.33. The van der Waals surface area contributed by atoms with E-state index in [0.717, 1.165) is 30.4 Å². The number of hydrogen-bond donors (Lipinski definition) is 1. The summed E-state index contributed by atoms with van der Waals surface area (Å²) in [6.45, 7) is 0.447. The van der Waals surface area contributed by atoms with Gasteiger partial charge in [0.25, 0.3) is 0 Å². The molecule has 1 atom stereocenters. The van der Waals surface area contributed by atoms with Crippen molar-refractivity contribution in [1.82, 2.24) is 10.2 Å². The average molecular weight is 399 g/mol. The number of benzene rings is 2. The minimum absolute atomic E-state index is 0.0231. The summed E-state index contributed by atoms with van der Waals surface area (Å²) in [5.74, 6) is -0.0893. The van der Waals surface area contributed by atoms with Crippen molar-refractivity contribution in [3.8, 4) is 0 Å². The summed E-state index contributed by atoms with van der Waals surface area (Å²) >= 11 is 6.31. The lowest BCUT2D eigenvalue weighted by atomic mass is 10.0. The Labute approximate surface area is 171 Å². The Bertz CT molecular complexity index is 863. The van der Waals surface area contributed by atoms with E-state index >= 15 is 0 Å². The van der Waals surface area contributed by atoms with Gasteiger partial charge in [-0.05, 0) is 62.2 Å². The van der Waals surface area contributed by atoms with E-state index in [1.165, 1.54) is 11.1 Å². The second kappa shape index (κ2) is 9.35. The molecule has 0 bridgehead atoms. The Hall–Kier alpha value is -2.17. The molecule has 1 aliphatic carbocycles. The fraction of sp³-hybridized carbons (Fsp3) is 0.391. The van der Waals surface area contributed by atoms with Crippen molar-refractivity contribution in [2.75, 3.05) is 20.6 Å². The van der Waals surface area contributed by atoms with Crippen LogP contribution in [0.4, 0.5) is 0 Å². The van der Waals surface area contributed by atoms with Gasteiger partial charge in [-0.1, -0.05) is 41.9 Å². The molecule has 1 unspecified atom stereocenters. The van der Waals surface area contributed by atoms with Crippen LogP contribution < -0.4 is 5.32 Å². The molecule has 0 aliphatic heterocycles. The van der Waals surface area contributed by atoms with E-state index in [1.807, 2.05) is 55.4 Å². The molecule has 0 saturated carbocycles. The Balaban J connectivity index is 1.52. The van der Waals surface area contributed by atoms with Gasteiger partial charge in [-0.3, -0.25) is 9.59 Å². The van der Waals surface area contributed by atoms with Gasteiger partial charge in [0.2, 0.25) is 5.91 Å². The van der Waals surface area contributed by atoms with E-state index in [1.54, 1.807) is 0 Å². The predicted octanol–water partition coefficient (Wildman–Crippen LogP) is 4.21. The van der Waals surface area contributed by atoms with Crippen LogP contribution in [0.5, 0.6) is 0 Å². The summed E-state index contributed by atoms with van der Waals surface area (Å²) in [6.07, 6.45) is 3.73. The Morgan fingerprint density at radius 1 is 1.07 bits per heavy atom. The third-order valence-electron chi connectivity index (χ3n) is 5.38. The van der Waals surface area contributed by atoms with Crippen LogP contribution in [0.2, 0.25) is 5.02 Å². The highest BCUT2D eigenvalue weighted by Gasteiger charge is 2.19. The van der Waals surface area contributed by atoms with Crippen LogP contribution in [0.3, 0.4) is 0 Å². The van der Waals surface area contributed by atoms with E-state index in [4.69, 9.17) is 11.6 Å². The third kappa shape index (κ3) is 5.00. The number of likely N-dealkylation sites (N-methyl/N-ethyl adjacent to an activating group) is 1. The van der Waals surface area contributed by atoms with Crippen molar-refractivity contribution >= 4 is 23.3 Å². The van der Waals surface area contributed by atoms with Crippen molar-refractivity contribution in [2.24, 2.45) is 0 Å². The number of nitrogens with zero attached hydrogens (tertiary/aromatic N) is 1. The predicted molar refractivity (Wildman–Crippen MR) is 113 cm³/mol. The Morgan fingerprint density at radius 2 is 1.82 bits per heavy atom. The summed E-state index contributed by atoms with van der Waals surface area (Å²) in [7, 11) is 3.91. The Morgan fingerprint density at radius 3 is 2.57 bits per heavy atom. The molecule has 1 amide bonds. The normalized spacial score (nSPS) is 14.0. The molecule has 0 fully saturated rings.